The van der Waals surface area contributed by atoms with Crippen LogP contribution in [0.3, 0.4) is 0 Å². The zero-order chi connectivity index (χ0) is 18.9. The summed E-state index contributed by atoms with van der Waals surface area (Å²) in [5, 5.41) is 8.36. The zero-order valence-corrected chi connectivity index (χ0v) is 15.7. The van der Waals surface area contributed by atoms with Crippen LogP contribution in [0.2, 0.25) is 0 Å². The monoisotopic (exact) mass is 376 g/mol. The Hall–Kier alpha value is -2.35. The van der Waals surface area contributed by atoms with E-state index >= 15 is 0 Å². The first kappa shape index (κ1) is 18.4. The molecule has 0 saturated heterocycles. The fourth-order valence-corrected chi connectivity index (χ4v) is 3.19. The predicted molar refractivity (Wildman–Crippen MR) is 96.1 cm³/mol. The number of benzene rings is 1. The fourth-order valence-electron chi connectivity index (χ4n) is 2.76. The molecule has 1 aliphatic carbocycles. The van der Waals surface area contributed by atoms with Gasteiger partial charge in [0, 0.05) is 17.0 Å². The van der Waals surface area contributed by atoms with Gasteiger partial charge in [-0.3, -0.25) is 9.59 Å². The SMILES string of the molecule is CC(C)(C)NC(=O)[C@@H](c1ccc(F)cc1)N(C(=O)c1csnn1)C1CC1. The molecule has 0 spiro atoms. The highest BCUT2D eigenvalue weighted by atomic mass is 32.1. The van der Waals surface area contributed by atoms with Crippen molar-refractivity contribution in [1.29, 1.82) is 0 Å². The van der Waals surface area contributed by atoms with Crippen LogP contribution in [-0.4, -0.2) is 37.9 Å². The van der Waals surface area contributed by atoms with E-state index in [9.17, 15) is 14.0 Å². The van der Waals surface area contributed by atoms with Gasteiger partial charge in [0.05, 0.1) is 0 Å². The Morgan fingerprint density at radius 1 is 1.27 bits per heavy atom. The van der Waals surface area contributed by atoms with E-state index in [1.54, 1.807) is 22.4 Å². The molecule has 0 aliphatic heterocycles. The Labute approximate surface area is 155 Å². The topological polar surface area (TPSA) is 75.2 Å². The number of nitrogens with one attached hydrogen (secondary N) is 1. The number of nitrogens with zero attached hydrogens (tertiary/aromatic N) is 3. The van der Waals surface area contributed by atoms with Crippen LogP contribution in [-0.2, 0) is 4.79 Å². The summed E-state index contributed by atoms with van der Waals surface area (Å²) in [7, 11) is 0. The normalized spacial score (nSPS) is 15.4. The first-order chi connectivity index (χ1) is 12.3. The molecule has 138 valence electrons. The van der Waals surface area contributed by atoms with Gasteiger partial charge in [0.15, 0.2) is 5.69 Å². The molecular weight excluding hydrogens is 355 g/mol. The van der Waals surface area contributed by atoms with Crippen molar-refractivity contribution in [3.8, 4) is 0 Å². The lowest BCUT2D eigenvalue weighted by Gasteiger charge is -2.33. The summed E-state index contributed by atoms with van der Waals surface area (Å²) in [6.45, 7) is 5.63. The number of halogens is 1. The Bertz CT molecular complexity index is 783. The molecule has 26 heavy (non-hydrogen) atoms. The molecule has 1 aromatic carbocycles. The fraction of sp³-hybridized carbons (Fsp3) is 0.444. The van der Waals surface area contributed by atoms with Crippen molar-refractivity contribution in [3.63, 3.8) is 0 Å². The third kappa shape index (κ3) is 4.24. The average Bonchev–Trinajstić information content (AvgIpc) is 3.23. The minimum absolute atomic E-state index is 0.0371. The summed E-state index contributed by atoms with van der Waals surface area (Å²) in [5.41, 5.74) is 0.324. The van der Waals surface area contributed by atoms with Gasteiger partial charge in [-0.15, -0.1) is 5.10 Å². The second-order valence-electron chi connectivity index (χ2n) is 7.43. The highest BCUT2D eigenvalue weighted by molar-refractivity contribution is 7.03. The van der Waals surface area contributed by atoms with Crippen LogP contribution in [0.4, 0.5) is 4.39 Å². The highest BCUT2D eigenvalue weighted by Crippen LogP contribution is 2.36. The maximum atomic E-state index is 13.4. The standard InChI is InChI=1S/C18H21FN4O2S/c1-18(2,3)20-16(24)15(11-4-6-12(19)7-5-11)23(13-8-9-13)17(25)14-10-26-22-21-14/h4-7,10,13,15H,8-9H2,1-3H3,(H,20,24)/t15-/m1/s1. The van der Waals surface area contributed by atoms with Crippen molar-refractivity contribution >= 4 is 23.3 Å². The number of rotatable bonds is 5. The first-order valence-corrected chi connectivity index (χ1v) is 9.27. The van der Waals surface area contributed by atoms with E-state index in [4.69, 9.17) is 0 Å². The van der Waals surface area contributed by atoms with E-state index in [1.807, 2.05) is 20.8 Å². The van der Waals surface area contributed by atoms with Gasteiger partial charge in [-0.1, -0.05) is 16.6 Å². The van der Waals surface area contributed by atoms with Crippen LogP contribution in [0.25, 0.3) is 0 Å². The summed E-state index contributed by atoms with van der Waals surface area (Å²) >= 11 is 1.09. The molecule has 1 saturated carbocycles. The Kier molecular flexibility index (Phi) is 5.04. The molecular formula is C18H21FN4O2S. The van der Waals surface area contributed by atoms with Crippen molar-refractivity contribution < 1.29 is 14.0 Å². The summed E-state index contributed by atoms with van der Waals surface area (Å²) in [6.07, 6.45) is 1.65. The van der Waals surface area contributed by atoms with Crippen molar-refractivity contribution in [2.24, 2.45) is 0 Å². The van der Waals surface area contributed by atoms with Crippen LogP contribution in [0.15, 0.2) is 29.6 Å². The smallest absolute Gasteiger partial charge is 0.276 e. The van der Waals surface area contributed by atoms with Gasteiger partial charge in [-0.05, 0) is 62.8 Å². The molecule has 1 aromatic heterocycles. The van der Waals surface area contributed by atoms with Gasteiger partial charge in [0.2, 0.25) is 5.91 Å². The second-order valence-corrected chi connectivity index (χ2v) is 8.04. The highest BCUT2D eigenvalue weighted by Gasteiger charge is 2.43. The van der Waals surface area contributed by atoms with Crippen molar-refractivity contribution in [2.45, 2.75) is 51.2 Å². The molecule has 1 heterocycles. The number of hydrogen-bond acceptors (Lipinski definition) is 5. The van der Waals surface area contributed by atoms with E-state index in [2.05, 4.69) is 14.9 Å². The van der Waals surface area contributed by atoms with Crippen molar-refractivity contribution in [1.82, 2.24) is 19.8 Å². The van der Waals surface area contributed by atoms with E-state index < -0.39 is 17.4 Å². The molecule has 8 heteroatoms. The van der Waals surface area contributed by atoms with Gasteiger partial charge < -0.3 is 10.2 Å². The summed E-state index contributed by atoms with van der Waals surface area (Å²) < 4.78 is 17.1. The minimum atomic E-state index is -0.850. The number of amides is 2. The lowest BCUT2D eigenvalue weighted by Crippen LogP contribution is -2.50. The average molecular weight is 376 g/mol. The zero-order valence-electron chi connectivity index (χ0n) is 14.9. The number of carbonyl (C=O) groups excluding carboxylic acids is 2. The Balaban J connectivity index is 2.00. The number of aromatic nitrogens is 2. The molecule has 2 aromatic rings. The third-order valence-electron chi connectivity index (χ3n) is 3.96. The Morgan fingerprint density at radius 3 is 2.42 bits per heavy atom. The van der Waals surface area contributed by atoms with Gasteiger partial charge in [-0.25, -0.2) is 4.39 Å². The summed E-state index contributed by atoms with van der Waals surface area (Å²) in [4.78, 5) is 27.6. The van der Waals surface area contributed by atoms with E-state index in [0.29, 0.717) is 5.56 Å². The first-order valence-electron chi connectivity index (χ1n) is 8.43. The van der Waals surface area contributed by atoms with E-state index in [1.165, 1.54) is 12.1 Å². The molecule has 1 aliphatic rings. The quantitative estimate of drug-likeness (QED) is 0.871. The van der Waals surface area contributed by atoms with Gasteiger partial charge >= 0.3 is 0 Å². The molecule has 0 radical (unpaired) electrons. The molecule has 6 nitrogen and oxygen atoms in total. The second kappa shape index (κ2) is 7.11. The largest absolute Gasteiger partial charge is 0.349 e. The molecule has 2 amide bonds. The van der Waals surface area contributed by atoms with Crippen LogP contribution < -0.4 is 5.32 Å². The number of hydrogen-bond donors (Lipinski definition) is 1. The maximum Gasteiger partial charge on any atom is 0.276 e. The molecule has 0 bridgehead atoms. The molecule has 0 unspecified atom stereocenters. The molecule has 1 N–H and O–H groups in total. The third-order valence-corrected chi connectivity index (χ3v) is 4.47. The summed E-state index contributed by atoms with van der Waals surface area (Å²) in [6, 6.07) is 4.80. The summed E-state index contributed by atoms with van der Waals surface area (Å²) in [5.74, 6) is -1.02. The van der Waals surface area contributed by atoms with Crippen molar-refractivity contribution in [2.75, 3.05) is 0 Å². The van der Waals surface area contributed by atoms with Crippen molar-refractivity contribution in [3.05, 3.63) is 46.7 Å². The van der Waals surface area contributed by atoms with Crippen LogP contribution in [0.1, 0.15) is 55.7 Å². The molecule has 1 atom stereocenters. The number of carbonyl (C=O) groups is 2. The van der Waals surface area contributed by atoms with Crippen LogP contribution in [0.5, 0.6) is 0 Å². The van der Waals surface area contributed by atoms with Crippen LogP contribution >= 0.6 is 11.5 Å². The van der Waals surface area contributed by atoms with E-state index in [0.717, 1.165) is 24.4 Å². The van der Waals surface area contributed by atoms with E-state index in [-0.39, 0.29) is 23.6 Å². The lowest BCUT2D eigenvalue weighted by atomic mass is 10.0. The molecule has 1 fully saturated rings. The maximum absolute atomic E-state index is 13.4. The Morgan fingerprint density at radius 2 is 1.92 bits per heavy atom. The minimum Gasteiger partial charge on any atom is -0.349 e. The predicted octanol–water partition coefficient (Wildman–Crippen LogP) is 2.94. The van der Waals surface area contributed by atoms with Gasteiger partial charge in [0.25, 0.3) is 5.91 Å². The molecule has 3 rings (SSSR count). The lowest BCUT2D eigenvalue weighted by molar-refractivity contribution is -0.127. The van der Waals surface area contributed by atoms with Gasteiger partial charge in [-0.2, -0.15) is 0 Å². The van der Waals surface area contributed by atoms with Gasteiger partial charge in [0.1, 0.15) is 11.9 Å². The van der Waals surface area contributed by atoms with Crippen LogP contribution in [0, 0.1) is 5.82 Å².